The van der Waals surface area contributed by atoms with Gasteiger partial charge in [-0.15, -0.1) is 11.3 Å². The van der Waals surface area contributed by atoms with Crippen molar-refractivity contribution in [1.29, 1.82) is 0 Å². The van der Waals surface area contributed by atoms with Crippen LogP contribution in [0.15, 0.2) is 211 Å². The fourth-order valence-corrected chi connectivity index (χ4v) is 11.1. The molecule has 13 rings (SSSR count). The maximum absolute atomic E-state index is 5.50. The fraction of sp³-hybridized carbons (Fsp3) is 0.0179. The number of hydrogen-bond acceptors (Lipinski definition) is 3. The zero-order chi connectivity index (χ0) is 40.0. The third-order valence-corrected chi connectivity index (χ3v) is 13.7. The zero-order valence-electron chi connectivity index (χ0n) is 33.0. The second kappa shape index (κ2) is 13.4. The van der Waals surface area contributed by atoms with Gasteiger partial charge in [-0.1, -0.05) is 152 Å². The van der Waals surface area contributed by atoms with Crippen LogP contribution in [0.5, 0.6) is 0 Å². The molecule has 4 heterocycles. The summed E-state index contributed by atoms with van der Waals surface area (Å²) in [6.07, 6.45) is 1.78. The first kappa shape index (κ1) is 34.2. The summed E-state index contributed by atoms with van der Waals surface area (Å²) < 4.78 is 7.49. The van der Waals surface area contributed by atoms with E-state index in [0.29, 0.717) is 0 Å². The highest BCUT2D eigenvalue weighted by atomic mass is 32.1. The number of aliphatic imine (C=N–C) groups is 1. The molecule has 0 spiro atoms. The molecule has 1 atom stereocenters. The molecule has 286 valence electrons. The molecule has 0 fully saturated rings. The largest absolute Gasteiger partial charge is 0.346 e. The Morgan fingerprint density at radius 1 is 0.443 bits per heavy atom. The van der Waals surface area contributed by atoms with Gasteiger partial charge < -0.3 is 14.5 Å². The third kappa shape index (κ3) is 5.21. The smallest absolute Gasteiger partial charge is 0.201 e. The van der Waals surface area contributed by atoms with E-state index >= 15 is 0 Å². The lowest BCUT2D eigenvalue weighted by atomic mass is 9.94. The van der Waals surface area contributed by atoms with Crippen LogP contribution in [0.25, 0.3) is 97.1 Å². The Morgan fingerprint density at radius 3 is 1.90 bits per heavy atom. The van der Waals surface area contributed by atoms with E-state index in [-0.39, 0.29) is 0 Å². The van der Waals surface area contributed by atoms with E-state index in [1.807, 2.05) is 11.3 Å². The number of aromatic nitrogens is 2. The molecule has 0 radical (unpaired) electrons. The first-order valence-electron chi connectivity index (χ1n) is 20.8. The molecule has 12 aromatic rings. The number of nitrogens with one attached hydrogen (secondary N) is 1. The van der Waals surface area contributed by atoms with Crippen molar-refractivity contribution in [2.24, 2.45) is 4.99 Å². The van der Waals surface area contributed by atoms with Gasteiger partial charge in [0.15, 0.2) is 0 Å². The van der Waals surface area contributed by atoms with Crippen molar-refractivity contribution < 1.29 is 0 Å². The minimum atomic E-state index is -0.403. The van der Waals surface area contributed by atoms with Crippen molar-refractivity contribution in [2.45, 2.75) is 6.29 Å². The van der Waals surface area contributed by atoms with Crippen molar-refractivity contribution in [2.75, 3.05) is 0 Å². The molecule has 1 unspecified atom stereocenters. The highest BCUT2D eigenvalue weighted by Gasteiger charge is 2.26. The third-order valence-electron chi connectivity index (χ3n) is 12.5. The summed E-state index contributed by atoms with van der Waals surface area (Å²) in [6.45, 7) is 0. The molecule has 0 saturated carbocycles. The maximum Gasteiger partial charge on any atom is 0.201 e. The Bertz CT molecular complexity index is 3780. The number of thiophene rings is 1. The highest BCUT2D eigenvalue weighted by molar-refractivity contribution is 7.26. The van der Waals surface area contributed by atoms with Gasteiger partial charge in [-0.05, 0) is 87.6 Å². The van der Waals surface area contributed by atoms with E-state index in [1.54, 1.807) is 0 Å². The summed E-state index contributed by atoms with van der Waals surface area (Å²) >= 11 is 1.90. The van der Waals surface area contributed by atoms with Crippen LogP contribution in [0.3, 0.4) is 0 Å². The Kier molecular flexibility index (Phi) is 7.50. The molecule has 1 aliphatic rings. The molecule has 4 nitrogen and oxygen atoms in total. The number of para-hydroxylation sites is 2. The molecule has 1 aliphatic heterocycles. The first-order valence-corrected chi connectivity index (χ1v) is 21.6. The molecule has 0 saturated heterocycles. The Balaban J connectivity index is 1.10. The van der Waals surface area contributed by atoms with E-state index in [0.717, 1.165) is 39.3 Å². The van der Waals surface area contributed by atoms with Crippen molar-refractivity contribution in [1.82, 2.24) is 14.5 Å². The van der Waals surface area contributed by atoms with Crippen LogP contribution >= 0.6 is 11.3 Å². The highest BCUT2D eigenvalue weighted by Crippen LogP contribution is 2.46. The van der Waals surface area contributed by atoms with Crippen LogP contribution in [0, 0.1) is 0 Å². The summed E-state index contributed by atoms with van der Waals surface area (Å²) in [7, 11) is 0. The van der Waals surface area contributed by atoms with Gasteiger partial charge in [0, 0.05) is 53.1 Å². The topological polar surface area (TPSA) is 34.2 Å². The lowest BCUT2D eigenvalue weighted by Gasteiger charge is -2.27. The summed E-state index contributed by atoms with van der Waals surface area (Å²) in [5.74, 6) is 0. The average molecular weight is 797 g/mol. The Hall–Kier alpha value is -7.73. The van der Waals surface area contributed by atoms with Gasteiger partial charge >= 0.3 is 0 Å². The number of benzene rings is 9. The lowest BCUT2D eigenvalue weighted by Crippen LogP contribution is -2.29. The second-order valence-electron chi connectivity index (χ2n) is 15.9. The Morgan fingerprint density at radius 2 is 1.10 bits per heavy atom. The molecule has 5 heteroatoms. The predicted molar refractivity (Wildman–Crippen MR) is 259 cm³/mol. The molecule has 9 aromatic carbocycles. The average Bonchev–Trinajstić information content (AvgIpc) is 3.99. The van der Waals surface area contributed by atoms with Gasteiger partial charge in [-0.3, -0.25) is 0 Å². The molecule has 3 aromatic heterocycles. The van der Waals surface area contributed by atoms with Gasteiger partial charge in [0.1, 0.15) is 0 Å². The number of hydrogen-bond donors (Lipinski definition) is 1. The normalized spacial score (nSPS) is 14.4. The number of nitrogens with zero attached hydrogens (tertiary/aromatic N) is 3. The van der Waals surface area contributed by atoms with Crippen LogP contribution in [-0.4, -0.2) is 14.8 Å². The van der Waals surface area contributed by atoms with E-state index in [4.69, 9.17) is 4.99 Å². The number of rotatable bonds is 5. The summed E-state index contributed by atoms with van der Waals surface area (Å²) in [6, 6.07) is 72.6. The Labute approximate surface area is 355 Å². The van der Waals surface area contributed by atoms with Crippen LogP contribution < -0.4 is 5.32 Å². The van der Waals surface area contributed by atoms with Gasteiger partial charge in [-0.2, -0.15) is 0 Å². The van der Waals surface area contributed by atoms with Gasteiger partial charge in [0.05, 0.1) is 27.8 Å². The van der Waals surface area contributed by atoms with Crippen molar-refractivity contribution in [3.05, 3.63) is 217 Å². The SMILES string of the molecule is C1=C(c2ccccc2)NC(n2c3ccccc3c3c4ccccc4c(-c4ccc5c(c4)c4c6sc7ccccc7c6ccc4n5-c4ccccc4)cc32)N=C1c1ccccc1. The van der Waals surface area contributed by atoms with E-state index in [2.05, 4.69) is 221 Å². The molecular formula is C56H36N4S. The summed E-state index contributed by atoms with van der Waals surface area (Å²) in [5, 5.41) is 14.0. The van der Waals surface area contributed by atoms with E-state index in [1.165, 1.54) is 74.6 Å². The van der Waals surface area contributed by atoms with Gasteiger partial charge in [-0.25, -0.2) is 4.99 Å². The number of fused-ring (bicyclic) bond motifs is 12. The molecule has 0 amide bonds. The number of allylic oxidation sites excluding steroid dienone is 1. The van der Waals surface area contributed by atoms with Crippen LogP contribution in [0.2, 0.25) is 0 Å². The molecule has 1 N–H and O–H groups in total. The fourth-order valence-electron chi connectivity index (χ4n) is 9.86. The molecule has 61 heavy (non-hydrogen) atoms. The van der Waals surface area contributed by atoms with Gasteiger partial charge in [0.25, 0.3) is 0 Å². The van der Waals surface area contributed by atoms with Crippen LogP contribution in [0.1, 0.15) is 17.4 Å². The molecule has 0 bridgehead atoms. The van der Waals surface area contributed by atoms with Crippen molar-refractivity contribution in [3.63, 3.8) is 0 Å². The minimum absolute atomic E-state index is 0.403. The van der Waals surface area contributed by atoms with Crippen molar-refractivity contribution >= 4 is 97.3 Å². The summed E-state index contributed by atoms with van der Waals surface area (Å²) in [5.41, 5.74) is 12.4. The lowest BCUT2D eigenvalue weighted by molar-refractivity contribution is 0.508. The molecular weight excluding hydrogens is 761 g/mol. The zero-order valence-corrected chi connectivity index (χ0v) is 33.8. The van der Waals surface area contributed by atoms with Crippen molar-refractivity contribution in [3.8, 4) is 16.8 Å². The van der Waals surface area contributed by atoms with Crippen LogP contribution in [0.4, 0.5) is 0 Å². The van der Waals surface area contributed by atoms with E-state index in [9.17, 15) is 0 Å². The van der Waals surface area contributed by atoms with E-state index < -0.39 is 6.29 Å². The van der Waals surface area contributed by atoms with Crippen LogP contribution in [-0.2, 0) is 0 Å². The maximum atomic E-state index is 5.50. The first-order chi connectivity index (χ1) is 30.3. The second-order valence-corrected chi connectivity index (χ2v) is 17.0. The monoisotopic (exact) mass is 796 g/mol. The quantitative estimate of drug-likeness (QED) is 0.185. The van der Waals surface area contributed by atoms with Gasteiger partial charge in [0.2, 0.25) is 6.29 Å². The summed E-state index contributed by atoms with van der Waals surface area (Å²) in [4.78, 5) is 5.50. The standard InChI is InChI=1S/C56H36N4S/c1-4-16-35(17-5-1)46-34-47(36-18-6-2-7-19-36)58-56(57-46)60-48-26-14-12-25-43(48)53-41-24-11-10-22-39(41)44(33-51(53)60)37-28-30-49-45(32-37)54-50(59(49)38-20-8-3-9-21-38)31-29-42-40-23-13-15-27-52(40)61-55(42)54/h1-34,56-57H. The predicted octanol–water partition coefficient (Wildman–Crippen LogP) is 14.7. The minimum Gasteiger partial charge on any atom is -0.346 e. The molecule has 0 aliphatic carbocycles.